The molecule has 2 aromatic carbocycles. The Morgan fingerprint density at radius 2 is 1.95 bits per heavy atom. The quantitative estimate of drug-likeness (QED) is 0.321. The fourth-order valence-corrected chi connectivity index (χ4v) is 5.30. The molecule has 0 aliphatic carbocycles. The molecule has 192 valence electrons. The maximum atomic E-state index is 13.3. The predicted octanol–water partition coefficient (Wildman–Crippen LogP) is 4.51. The molecule has 0 radical (unpaired) electrons. The molecule has 6 rings (SSSR count). The molecule has 10 heteroatoms. The van der Waals surface area contributed by atoms with Gasteiger partial charge in [0.1, 0.15) is 16.5 Å². The lowest BCUT2D eigenvalue weighted by Gasteiger charge is -2.26. The largest absolute Gasteiger partial charge is 0.508 e. The first-order valence-corrected chi connectivity index (χ1v) is 13.3. The molecule has 1 saturated heterocycles. The van der Waals surface area contributed by atoms with Crippen molar-refractivity contribution in [1.29, 1.82) is 0 Å². The molecular weight excluding hydrogens is 500 g/mol. The highest BCUT2D eigenvalue weighted by molar-refractivity contribution is 7.13. The molecule has 0 unspecified atom stereocenters. The second-order valence-corrected chi connectivity index (χ2v) is 9.94. The van der Waals surface area contributed by atoms with Gasteiger partial charge in [0, 0.05) is 65.8 Å². The van der Waals surface area contributed by atoms with Crippen LogP contribution in [-0.4, -0.2) is 68.5 Å². The van der Waals surface area contributed by atoms with Crippen molar-refractivity contribution in [1.82, 2.24) is 24.6 Å². The van der Waals surface area contributed by atoms with Crippen LogP contribution in [0.25, 0.3) is 32.6 Å². The Morgan fingerprint density at radius 3 is 2.76 bits per heavy atom. The highest BCUT2D eigenvalue weighted by atomic mass is 32.1. The molecule has 1 amide bonds. The smallest absolute Gasteiger partial charge is 0.275 e. The van der Waals surface area contributed by atoms with E-state index in [2.05, 4.69) is 20.2 Å². The summed E-state index contributed by atoms with van der Waals surface area (Å²) in [5.41, 5.74) is 4.18. The fourth-order valence-electron chi connectivity index (χ4n) is 4.51. The van der Waals surface area contributed by atoms with Crippen LogP contribution in [0.4, 0.5) is 5.69 Å². The summed E-state index contributed by atoms with van der Waals surface area (Å²) in [6.45, 7) is 5.03. The number of carbonyl (C=O) groups excluding carboxylic acids is 1. The average Bonchev–Trinajstić information content (AvgIpc) is 3.60. The molecule has 0 bridgehead atoms. The highest BCUT2D eigenvalue weighted by Crippen LogP contribution is 2.34. The molecule has 0 saturated carbocycles. The number of morpholine rings is 1. The molecule has 1 aliphatic rings. The summed E-state index contributed by atoms with van der Waals surface area (Å²) in [6.07, 6.45) is 5.43. The number of hydrogen-bond donors (Lipinski definition) is 2. The van der Waals surface area contributed by atoms with E-state index in [9.17, 15) is 9.90 Å². The highest BCUT2D eigenvalue weighted by Gasteiger charge is 2.17. The van der Waals surface area contributed by atoms with Crippen molar-refractivity contribution in [3.8, 4) is 27.4 Å². The van der Waals surface area contributed by atoms with Crippen LogP contribution in [-0.2, 0) is 11.3 Å². The number of hydrogen-bond acceptors (Lipinski definition) is 8. The normalized spacial score (nSPS) is 14.1. The van der Waals surface area contributed by atoms with E-state index in [1.54, 1.807) is 36.0 Å². The first kappa shape index (κ1) is 24.2. The summed E-state index contributed by atoms with van der Waals surface area (Å²) in [5.74, 6) is -0.159. The van der Waals surface area contributed by atoms with E-state index in [4.69, 9.17) is 9.84 Å². The van der Waals surface area contributed by atoms with Crippen molar-refractivity contribution >= 4 is 33.8 Å². The number of phenolic OH excluding ortho intramolecular Hbond substituents is 1. The Bertz CT molecular complexity index is 1580. The SMILES string of the molecule is O=C(Nc1cc2cn(CCN3CCOCC3)nc2cc1-c1cccc(O)c1)c1csc(-c2cccnc2)n1. The van der Waals surface area contributed by atoms with Gasteiger partial charge in [-0.1, -0.05) is 12.1 Å². The summed E-state index contributed by atoms with van der Waals surface area (Å²) in [5, 5.41) is 21.3. The van der Waals surface area contributed by atoms with Crippen molar-refractivity contribution in [3.63, 3.8) is 0 Å². The second kappa shape index (κ2) is 10.7. The van der Waals surface area contributed by atoms with Gasteiger partial charge in [-0.25, -0.2) is 4.98 Å². The number of amides is 1. The number of rotatable bonds is 7. The lowest BCUT2D eigenvalue weighted by molar-refractivity contribution is 0.0360. The van der Waals surface area contributed by atoms with E-state index in [0.717, 1.165) is 72.0 Å². The number of carbonyl (C=O) groups is 1. The molecule has 1 fully saturated rings. The van der Waals surface area contributed by atoms with E-state index >= 15 is 0 Å². The molecule has 9 nitrogen and oxygen atoms in total. The van der Waals surface area contributed by atoms with Gasteiger partial charge in [0.15, 0.2) is 0 Å². The van der Waals surface area contributed by atoms with Gasteiger partial charge in [0.2, 0.25) is 0 Å². The number of benzene rings is 2. The third kappa shape index (κ3) is 5.28. The Kier molecular flexibility index (Phi) is 6.82. The van der Waals surface area contributed by atoms with Gasteiger partial charge >= 0.3 is 0 Å². The minimum Gasteiger partial charge on any atom is -0.508 e. The van der Waals surface area contributed by atoms with Crippen LogP contribution in [0.3, 0.4) is 0 Å². The number of thiazole rings is 1. The number of ether oxygens (including phenoxy) is 1. The zero-order valence-electron chi connectivity index (χ0n) is 20.6. The number of nitrogens with one attached hydrogen (secondary N) is 1. The lowest BCUT2D eigenvalue weighted by atomic mass is 10.0. The Labute approximate surface area is 223 Å². The van der Waals surface area contributed by atoms with Crippen LogP contribution in [0.15, 0.2) is 72.5 Å². The number of nitrogens with zero attached hydrogens (tertiary/aromatic N) is 5. The van der Waals surface area contributed by atoms with Crippen LogP contribution in [0.1, 0.15) is 10.5 Å². The molecule has 2 N–H and O–H groups in total. The number of pyridine rings is 1. The van der Waals surface area contributed by atoms with Gasteiger partial charge in [-0.3, -0.25) is 19.4 Å². The minimum atomic E-state index is -0.308. The van der Waals surface area contributed by atoms with Crippen molar-refractivity contribution in [2.24, 2.45) is 0 Å². The van der Waals surface area contributed by atoms with Crippen LogP contribution < -0.4 is 5.32 Å². The van der Waals surface area contributed by atoms with Crippen LogP contribution in [0.2, 0.25) is 0 Å². The van der Waals surface area contributed by atoms with Crippen LogP contribution >= 0.6 is 11.3 Å². The van der Waals surface area contributed by atoms with Gasteiger partial charge in [-0.15, -0.1) is 11.3 Å². The first-order valence-electron chi connectivity index (χ1n) is 12.4. The van der Waals surface area contributed by atoms with E-state index in [1.807, 2.05) is 41.2 Å². The Balaban J connectivity index is 1.30. The average molecular weight is 527 g/mol. The van der Waals surface area contributed by atoms with Gasteiger partial charge in [-0.2, -0.15) is 5.10 Å². The van der Waals surface area contributed by atoms with Gasteiger partial charge in [0.25, 0.3) is 5.91 Å². The number of aromatic nitrogens is 4. The second-order valence-electron chi connectivity index (χ2n) is 9.09. The molecule has 0 spiro atoms. The van der Waals surface area contributed by atoms with Crippen molar-refractivity contribution in [2.75, 3.05) is 38.2 Å². The summed E-state index contributed by atoms with van der Waals surface area (Å²) in [7, 11) is 0. The molecule has 1 aliphatic heterocycles. The fraction of sp³-hybridized carbons (Fsp3) is 0.214. The van der Waals surface area contributed by atoms with Crippen LogP contribution in [0, 0.1) is 0 Å². The zero-order valence-corrected chi connectivity index (χ0v) is 21.4. The van der Waals surface area contributed by atoms with Gasteiger partial charge in [0.05, 0.1) is 25.3 Å². The molecule has 38 heavy (non-hydrogen) atoms. The molecule has 5 aromatic rings. The third-order valence-corrected chi connectivity index (χ3v) is 7.38. The number of phenols is 1. The first-order chi connectivity index (χ1) is 18.6. The van der Waals surface area contributed by atoms with Crippen molar-refractivity contribution in [3.05, 3.63) is 78.2 Å². The van der Waals surface area contributed by atoms with Gasteiger partial charge in [-0.05, 0) is 42.0 Å². The van der Waals surface area contributed by atoms with Crippen molar-refractivity contribution < 1.29 is 14.6 Å². The zero-order chi connectivity index (χ0) is 25.9. The number of fused-ring (bicyclic) bond motifs is 1. The number of aromatic hydroxyl groups is 1. The summed E-state index contributed by atoms with van der Waals surface area (Å²) < 4.78 is 7.38. The summed E-state index contributed by atoms with van der Waals surface area (Å²) in [6, 6.07) is 14.6. The van der Waals surface area contributed by atoms with E-state index in [1.165, 1.54) is 11.3 Å². The minimum absolute atomic E-state index is 0.150. The third-order valence-electron chi connectivity index (χ3n) is 6.49. The van der Waals surface area contributed by atoms with E-state index in [0.29, 0.717) is 11.4 Å². The monoisotopic (exact) mass is 526 g/mol. The van der Waals surface area contributed by atoms with Gasteiger partial charge < -0.3 is 15.2 Å². The number of anilines is 1. The van der Waals surface area contributed by atoms with Crippen molar-refractivity contribution in [2.45, 2.75) is 6.54 Å². The maximum Gasteiger partial charge on any atom is 0.275 e. The maximum absolute atomic E-state index is 13.3. The van der Waals surface area contributed by atoms with E-state index < -0.39 is 0 Å². The summed E-state index contributed by atoms with van der Waals surface area (Å²) >= 11 is 1.40. The lowest BCUT2D eigenvalue weighted by Crippen LogP contribution is -2.38. The standard InChI is InChI=1S/C28H26N6O3S/c35-22-5-1-3-19(13-22)23-15-24-21(17-34(32-24)8-7-33-9-11-37-12-10-33)14-25(23)30-27(36)26-18-38-28(31-26)20-4-2-6-29-16-20/h1-6,13-18,35H,7-12H2,(H,30,36). The molecule has 3 aromatic heterocycles. The molecule has 4 heterocycles. The van der Waals surface area contributed by atoms with Crippen LogP contribution in [0.5, 0.6) is 5.75 Å². The molecular formula is C28H26N6O3S. The summed E-state index contributed by atoms with van der Waals surface area (Å²) in [4.78, 5) is 24.3. The topological polar surface area (TPSA) is 105 Å². The van der Waals surface area contributed by atoms with E-state index in [-0.39, 0.29) is 11.7 Å². The predicted molar refractivity (Wildman–Crippen MR) is 147 cm³/mol. The Morgan fingerprint density at radius 1 is 1.08 bits per heavy atom. The Hall–Kier alpha value is -4.12. The molecule has 0 atom stereocenters.